The number of likely N-dealkylation sites (N-methyl/N-ethyl adjacent to an activating group) is 1. The third kappa shape index (κ3) is 6.69. The van der Waals surface area contributed by atoms with E-state index in [2.05, 4.69) is 0 Å². The smallest absolute Gasteiger partial charge is 0.222 e. The molecule has 0 aromatic heterocycles. The number of hydrogen-bond donors (Lipinski definition) is 1. The van der Waals surface area contributed by atoms with Gasteiger partial charge in [-0.25, -0.2) is 0 Å². The van der Waals surface area contributed by atoms with Crippen LogP contribution >= 0.6 is 12.4 Å². The molecule has 5 nitrogen and oxygen atoms in total. The Labute approximate surface area is 132 Å². The molecule has 0 aliphatic rings. The highest BCUT2D eigenvalue weighted by Gasteiger charge is 2.13. The van der Waals surface area contributed by atoms with Crippen molar-refractivity contribution in [2.45, 2.75) is 25.8 Å². The SMILES string of the molecule is COc1ccc(OCCCC(=O)N(C)C(C)CN)cc1.Cl. The molecule has 1 atom stereocenters. The predicted octanol–water partition coefficient (Wildman–Crippen LogP) is 2.08. The van der Waals surface area contributed by atoms with Gasteiger partial charge in [0.25, 0.3) is 0 Å². The summed E-state index contributed by atoms with van der Waals surface area (Å²) in [6, 6.07) is 7.46. The second-order valence-corrected chi connectivity index (χ2v) is 4.72. The maximum atomic E-state index is 11.8. The van der Waals surface area contributed by atoms with E-state index in [0.29, 0.717) is 26.0 Å². The number of ether oxygens (including phenoxy) is 2. The Kier molecular flexibility index (Phi) is 9.58. The van der Waals surface area contributed by atoms with Crippen LogP contribution in [-0.2, 0) is 4.79 Å². The molecule has 1 unspecified atom stereocenters. The van der Waals surface area contributed by atoms with Crippen molar-refractivity contribution < 1.29 is 14.3 Å². The zero-order valence-corrected chi connectivity index (χ0v) is 13.7. The van der Waals surface area contributed by atoms with Crippen molar-refractivity contribution in [3.8, 4) is 11.5 Å². The standard InChI is InChI=1S/C15H24N2O3.ClH/c1-12(11-16)17(2)15(18)5-4-10-20-14-8-6-13(19-3)7-9-14;/h6-9,12H,4-5,10-11,16H2,1-3H3;1H. The number of nitrogens with zero attached hydrogens (tertiary/aromatic N) is 1. The van der Waals surface area contributed by atoms with E-state index in [-0.39, 0.29) is 24.4 Å². The van der Waals surface area contributed by atoms with Gasteiger partial charge in [0.15, 0.2) is 0 Å². The van der Waals surface area contributed by atoms with Crippen LogP contribution in [0.4, 0.5) is 0 Å². The van der Waals surface area contributed by atoms with Gasteiger partial charge in [0, 0.05) is 26.1 Å². The third-order valence-corrected chi connectivity index (χ3v) is 3.26. The number of halogens is 1. The van der Waals surface area contributed by atoms with Crippen LogP contribution in [0, 0.1) is 0 Å². The number of carbonyl (C=O) groups excluding carboxylic acids is 1. The minimum Gasteiger partial charge on any atom is -0.497 e. The lowest BCUT2D eigenvalue weighted by Gasteiger charge is -2.23. The topological polar surface area (TPSA) is 64.8 Å². The summed E-state index contributed by atoms with van der Waals surface area (Å²) in [5, 5.41) is 0. The molecular formula is C15H25ClN2O3. The van der Waals surface area contributed by atoms with Gasteiger partial charge in [0.2, 0.25) is 5.91 Å². The van der Waals surface area contributed by atoms with Gasteiger partial charge in [-0.3, -0.25) is 4.79 Å². The average Bonchev–Trinajstić information content (AvgIpc) is 2.50. The third-order valence-electron chi connectivity index (χ3n) is 3.26. The summed E-state index contributed by atoms with van der Waals surface area (Å²) >= 11 is 0. The highest BCUT2D eigenvalue weighted by molar-refractivity contribution is 5.85. The molecule has 0 heterocycles. The van der Waals surface area contributed by atoms with Gasteiger partial charge in [0.05, 0.1) is 13.7 Å². The minimum absolute atomic E-state index is 0. The van der Waals surface area contributed by atoms with Crippen molar-refractivity contribution in [1.29, 1.82) is 0 Å². The highest BCUT2D eigenvalue weighted by Crippen LogP contribution is 2.17. The number of amides is 1. The van der Waals surface area contributed by atoms with Crippen LogP contribution < -0.4 is 15.2 Å². The number of methoxy groups -OCH3 is 1. The van der Waals surface area contributed by atoms with Crippen molar-refractivity contribution in [2.75, 3.05) is 27.3 Å². The van der Waals surface area contributed by atoms with E-state index >= 15 is 0 Å². The zero-order valence-electron chi connectivity index (χ0n) is 12.9. The molecule has 0 fully saturated rings. The molecule has 0 bridgehead atoms. The number of carbonyl (C=O) groups is 1. The molecule has 21 heavy (non-hydrogen) atoms. The Morgan fingerprint density at radius 1 is 1.29 bits per heavy atom. The Bertz CT molecular complexity index is 412. The molecule has 0 spiro atoms. The first-order valence-electron chi connectivity index (χ1n) is 6.81. The first-order valence-corrected chi connectivity index (χ1v) is 6.81. The summed E-state index contributed by atoms with van der Waals surface area (Å²) in [7, 11) is 3.41. The van der Waals surface area contributed by atoms with Crippen molar-refractivity contribution >= 4 is 18.3 Å². The van der Waals surface area contributed by atoms with Gasteiger partial charge in [-0.15, -0.1) is 12.4 Å². The molecule has 0 aliphatic carbocycles. The van der Waals surface area contributed by atoms with E-state index in [4.69, 9.17) is 15.2 Å². The van der Waals surface area contributed by atoms with Gasteiger partial charge in [-0.2, -0.15) is 0 Å². The Balaban J connectivity index is 0.00000400. The molecular weight excluding hydrogens is 292 g/mol. The van der Waals surface area contributed by atoms with Crippen LogP contribution in [0.25, 0.3) is 0 Å². The van der Waals surface area contributed by atoms with E-state index in [1.165, 1.54) is 0 Å². The van der Waals surface area contributed by atoms with Crippen LogP contribution in [0.1, 0.15) is 19.8 Å². The molecule has 0 radical (unpaired) electrons. The number of rotatable bonds is 8. The fourth-order valence-corrected chi connectivity index (χ4v) is 1.67. The van der Waals surface area contributed by atoms with Crippen LogP contribution in [0.2, 0.25) is 0 Å². The number of nitrogens with two attached hydrogens (primary N) is 1. The maximum absolute atomic E-state index is 11.8. The lowest BCUT2D eigenvalue weighted by molar-refractivity contribution is -0.131. The molecule has 0 aliphatic heterocycles. The Morgan fingerprint density at radius 2 is 1.86 bits per heavy atom. The summed E-state index contributed by atoms with van der Waals surface area (Å²) < 4.78 is 10.6. The van der Waals surface area contributed by atoms with Gasteiger partial charge in [-0.05, 0) is 37.6 Å². The first-order chi connectivity index (χ1) is 9.58. The van der Waals surface area contributed by atoms with Gasteiger partial charge >= 0.3 is 0 Å². The van der Waals surface area contributed by atoms with E-state index < -0.39 is 0 Å². The lowest BCUT2D eigenvalue weighted by Crippen LogP contribution is -2.39. The molecule has 120 valence electrons. The Morgan fingerprint density at radius 3 is 2.38 bits per heavy atom. The van der Waals surface area contributed by atoms with E-state index in [0.717, 1.165) is 11.5 Å². The van der Waals surface area contributed by atoms with E-state index in [1.807, 2.05) is 31.2 Å². The van der Waals surface area contributed by atoms with Gasteiger partial charge in [0.1, 0.15) is 11.5 Å². The number of benzene rings is 1. The van der Waals surface area contributed by atoms with Crippen molar-refractivity contribution in [3.05, 3.63) is 24.3 Å². The fourth-order valence-electron chi connectivity index (χ4n) is 1.67. The van der Waals surface area contributed by atoms with Crippen LogP contribution in [0.15, 0.2) is 24.3 Å². The van der Waals surface area contributed by atoms with Crippen LogP contribution in [-0.4, -0.2) is 44.2 Å². The van der Waals surface area contributed by atoms with E-state index in [1.54, 1.807) is 19.1 Å². The predicted molar refractivity (Wildman–Crippen MR) is 86.3 cm³/mol. The summed E-state index contributed by atoms with van der Waals surface area (Å²) in [6.45, 7) is 2.93. The molecule has 0 saturated carbocycles. The summed E-state index contributed by atoms with van der Waals surface area (Å²) in [5.74, 6) is 1.67. The largest absolute Gasteiger partial charge is 0.497 e. The molecule has 1 aromatic carbocycles. The second-order valence-electron chi connectivity index (χ2n) is 4.72. The lowest BCUT2D eigenvalue weighted by atomic mass is 10.2. The van der Waals surface area contributed by atoms with Crippen molar-refractivity contribution in [1.82, 2.24) is 4.90 Å². The van der Waals surface area contributed by atoms with Gasteiger partial charge in [-0.1, -0.05) is 0 Å². The monoisotopic (exact) mass is 316 g/mol. The molecule has 1 amide bonds. The minimum atomic E-state index is 0. The molecule has 1 aromatic rings. The number of hydrogen-bond acceptors (Lipinski definition) is 4. The molecule has 0 saturated heterocycles. The van der Waals surface area contributed by atoms with Crippen molar-refractivity contribution in [3.63, 3.8) is 0 Å². The quantitative estimate of drug-likeness (QED) is 0.746. The second kappa shape index (κ2) is 10.3. The molecule has 6 heteroatoms. The maximum Gasteiger partial charge on any atom is 0.222 e. The summed E-state index contributed by atoms with van der Waals surface area (Å²) in [6.07, 6.45) is 1.16. The molecule has 1 rings (SSSR count). The first kappa shape index (κ1) is 19.5. The molecule has 2 N–H and O–H groups in total. The van der Waals surface area contributed by atoms with Crippen LogP contribution in [0.5, 0.6) is 11.5 Å². The van der Waals surface area contributed by atoms with E-state index in [9.17, 15) is 4.79 Å². The zero-order chi connectivity index (χ0) is 15.0. The van der Waals surface area contributed by atoms with Crippen molar-refractivity contribution in [2.24, 2.45) is 5.73 Å². The fraction of sp³-hybridized carbons (Fsp3) is 0.533. The van der Waals surface area contributed by atoms with Crippen LogP contribution in [0.3, 0.4) is 0 Å². The normalized spacial score (nSPS) is 11.2. The highest BCUT2D eigenvalue weighted by atomic mass is 35.5. The van der Waals surface area contributed by atoms with Gasteiger partial charge < -0.3 is 20.1 Å². The average molecular weight is 317 g/mol. The summed E-state index contributed by atoms with van der Waals surface area (Å²) in [4.78, 5) is 13.5. The summed E-state index contributed by atoms with van der Waals surface area (Å²) in [5.41, 5.74) is 5.54. The Hall–Kier alpha value is -1.46.